The molecule has 1 N–H and O–H groups in total. The van der Waals surface area contributed by atoms with Gasteiger partial charge in [0, 0.05) is 60.7 Å². The van der Waals surface area contributed by atoms with Crippen LogP contribution in [0.5, 0.6) is 5.75 Å². The average Bonchev–Trinajstić information content (AvgIpc) is 3.44. The number of carbonyl (C=O) groups is 1. The van der Waals surface area contributed by atoms with Gasteiger partial charge in [0.1, 0.15) is 11.3 Å². The number of benzene rings is 1. The van der Waals surface area contributed by atoms with Crippen LogP contribution in [0.3, 0.4) is 0 Å². The van der Waals surface area contributed by atoms with Crippen LogP contribution < -0.4 is 10.2 Å². The summed E-state index contributed by atoms with van der Waals surface area (Å²) in [6, 6.07) is 3.48. The Bertz CT molecular complexity index is 1190. The van der Waals surface area contributed by atoms with Crippen LogP contribution in [-0.4, -0.2) is 32.0 Å². The number of ether oxygens (including phenoxy) is 1. The van der Waals surface area contributed by atoms with E-state index in [1.807, 2.05) is 37.7 Å². The van der Waals surface area contributed by atoms with Gasteiger partial charge in [0.15, 0.2) is 5.43 Å². The molecule has 0 spiro atoms. The van der Waals surface area contributed by atoms with Crippen molar-refractivity contribution < 1.29 is 14.6 Å². The number of hydrogen-bond acceptors (Lipinski definition) is 4. The molecule has 2 aromatic heterocycles. The highest BCUT2D eigenvalue weighted by Gasteiger charge is 2.28. The van der Waals surface area contributed by atoms with Gasteiger partial charge in [-0.3, -0.25) is 9.48 Å². The Hall–Kier alpha value is -3.35. The van der Waals surface area contributed by atoms with Gasteiger partial charge in [0.2, 0.25) is 0 Å². The summed E-state index contributed by atoms with van der Waals surface area (Å²) in [6.45, 7) is 9.53. The smallest absolute Gasteiger partial charge is 0.341 e. The third kappa shape index (κ3) is 4.20. The molecule has 7 heteroatoms. The number of carboxylic acids is 1. The first-order valence-corrected chi connectivity index (χ1v) is 11.2. The molecule has 0 atom stereocenters. The average molecular weight is 438 g/mol. The number of rotatable bonds is 2. The largest absolute Gasteiger partial charge is 0.492 e. The highest BCUT2D eigenvalue weighted by atomic mass is 16.5. The minimum Gasteiger partial charge on any atom is -0.492 e. The molecule has 0 bridgehead atoms. The van der Waals surface area contributed by atoms with Crippen molar-refractivity contribution in [1.82, 2.24) is 14.3 Å². The van der Waals surface area contributed by atoms with Gasteiger partial charge in [0.25, 0.3) is 0 Å². The molecule has 0 unspecified atom stereocenters. The van der Waals surface area contributed by atoms with Gasteiger partial charge in [-0.1, -0.05) is 34.1 Å². The van der Waals surface area contributed by atoms with E-state index in [-0.39, 0.29) is 5.56 Å². The van der Waals surface area contributed by atoms with E-state index >= 15 is 0 Å². The van der Waals surface area contributed by atoms with Crippen molar-refractivity contribution in [3.8, 4) is 28.1 Å². The predicted molar refractivity (Wildman–Crippen MR) is 126 cm³/mol. The van der Waals surface area contributed by atoms with E-state index in [1.165, 1.54) is 29.8 Å². The minimum absolute atomic E-state index is 0.195. The number of aryl methyl sites for hydroxylation is 2. The third-order valence-corrected chi connectivity index (χ3v) is 5.35. The molecule has 32 heavy (non-hydrogen) atoms. The van der Waals surface area contributed by atoms with Gasteiger partial charge in [-0.15, -0.1) is 0 Å². The van der Waals surface area contributed by atoms with Crippen LogP contribution in [0.1, 0.15) is 55.6 Å². The Balaban J connectivity index is 0.000000536. The van der Waals surface area contributed by atoms with Crippen molar-refractivity contribution in [2.75, 3.05) is 6.61 Å². The van der Waals surface area contributed by atoms with Crippen LogP contribution in [0.4, 0.5) is 0 Å². The molecule has 0 aliphatic carbocycles. The molecule has 3 aromatic rings. The van der Waals surface area contributed by atoms with Crippen molar-refractivity contribution in [2.45, 2.75) is 53.5 Å². The van der Waals surface area contributed by atoms with Crippen LogP contribution in [0.2, 0.25) is 0 Å². The summed E-state index contributed by atoms with van der Waals surface area (Å²) in [6.07, 6.45) is 8.06. The maximum absolute atomic E-state index is 12.3. The summed E-state index contributed by atoms with van der Waals surface area (Å²) in [5.74, 6) is -0.292. The number of carboxylic acid groups (broad SMARTS) is 1. The molecule has 2 aliphatic rings. The first kappa shape index (κ1) is 23.3. The summed E-state index contributed by atoms with van der Waals surface area (Å²) in [5.41, 5.74) is 5.35. The standard InChI is InChI=1S/C20H17N3O4.C3H8.C2H6/c1-22-9-11(8-21-22)14-6-15-12(13-3-5-27-19(13)14)2-4-23-10-16(20(25)26)18(24)7-17(15)23;1-3-2;1-2/h6-10H,2-5H2,1H3,(H,25,26);3H2,1-2H3;1-2H3. The lowest BCUT2D eigenvalue weighted by Gasteiger charge is -2.25. The molecule has 0 radical (unpaired) electrons. The number of pyridine rings is 1. The molecular formula is C25H31N3O4. The van der Waals surface area contributed by atoms with Crippen LogP contribution in [-0.2, 0) is 26.4 Å². The topological polar surface area (TPSA) is 86.4 Å². The monoisotopic (exact) mass is 437 g/mol. The number of nitrogens with zero attached hydrogens (tertiary/aromatic N) is 3. The predicted octanol–water partition coefficient (Wildman–Crippen LogP) is 4.55. The fourth-order valence-corrected chi connectivity index (χ4v) is 4.12. The minimum atomic E-state index is -1.19. The van der Waals surface area contributed by atoms with Crippen LogP contribution in [0.15, 0.2) is 35.5 Å². The fraction of sp³-hybridized carbons (Fsp3) is 0.400. The third-order valence-electron chi connectivity index (χ3n) is 5.35. The molecule has 7 nitrogen and oxygen atoms in total. The van der Waals surface area contributed by atoms with Crippen LogP contribution >= 0.6 is 0 Å². The second kappa shape index (κ2) is 9.85. The zero-order chi connectivity index (χ0) is 23.4. The Morgan fingerprint density at radius 1 is 1.12 bits per heavy atom. The molecule has 1 aromatic carbocycles. The Kier molecular flexibility index (Phi) is 7.18. The van der Waals surface area contributed by atoms with E-state index in [2.05, 4.69) is 18.9 Å². The normalized spacial score (nSPS) is 12.8. The van der Waals surface area contributed by atoms with E-state index in [9.17, 15) is 14.7 Å². The number of aromatic nitrogens is 3. The van der Waals surface area contributed by atoms with Crippen molar-refractivity contribution in [3.63, 3.8) is 0 Å². The summed E-state index contributed by atoms with van der Waals surface area (Å²) in [4.78, 5) is 23.6. The lowest BCUT2D eigenvalue weighted by atomic mass is 9.88. The highest BCUT2D eigenvalue weighted by molar-refractivity contribution is 5.88. The molecule has 5 rings (SSSR count). The van der Waals surface area contributed by atoms with E-state index < -0.39 is 11.4 Å². The first-order valence-electron chi connectivity index (χ1n) is 11.2. The molecule has 0 amide bonds. The van der Waals surface area contributed by atoms with Crippen molar-refractivity contribution in [1.29, 1.82) is 0 Å². The molecule has 0 saturated carbocycles. The Morgan fingerprint density at radius 3 is 2.47 bits per heavy atom. The van der Waals surface area contributed by atoms with E-state index in [0.717, 1.165) is 41.0 Å². The van der Waals surface area contributed by atoms with Gasteiger partial charge in [-0.2, -0.15) is 5.10 Å². The maximum Gasteiger partial charge on any atom is 0.341 e. The zero-order valence-corrected chi connectivity index (χ0v) is 19.4. The van der Waals surface area contributed by atoms with Gasteiger partial charge >= 0.3 is 5.97 Å². The highest BCUT2D eigenvalue weighted by Crippen LogP contribution is 2.45. The van der Waals surface area contributed by atoms with Gasteiger partial charge in [-0.05, 0) is 18.1 Å². The summed E-state index contributed by atoms with van der Waals surface area (Å²) in [7, 11) is 1.87. The van der Waals surface area contributed by atoms with E-state index in [1.54, 1.807) is 10.9 Å². The van der Waals surface area contributed by atoms with Gasteiger partial charge < -0.3 is 14.4 Å². The molecule has 2 aliphatic heterocycles. The number of hydrogen-bond donors (Lipinski definition) is 1. The summed E-state index contributed by atoms with van der Waals surface area (Å²) >= 11 is 0. The second-order valence-corrected chi connectivity index (χ2v) is 7.65. The molecule has 4 heterocycles. The quantitative estimate of drug-likeness (QED) is 0.636. The Morgan fingerprint density at radius 2 is 1.84 bits per heavy atom. The fourth-order valence-electron chi connectivity index (χ4n) is 4.12. The van der Waals surface area contributed by atoms with Crippen LogP contribution in [0.25, 0.3) is 22.4 Å². The van der Waals surface area contributed by atoms with Crippen molar-refractivity contribution in [2.24, 2.45) is 7.05 Å². The lowest BCUT2D eigenvalue weighted by molar-refractivity contribution is 0.0694. The maximum atomic E-state index is 12.3. The van der Waals surface area contributed by atoms with Crippen molar-refractivity contribution in [3.05, 3.63) is 57.6 Å². The molecule has 0 fully saturated rings. The molecular weight excluding hydrogens is 406 g/mol. The molecule has 170 valence electrons. The molecule has 0 saturated heterocycles. The first-order chi connectivity index (χ1) is 15.4. The van der Waals surface area contributed by atoms with E-state index in [4.69, 9.17) is 4.74 Å². The van der Waals surface area contributed by atoms with Gasteiger partial charge in [0.05, 0.1) is 18.5 Å². The SMILES string of the molecule is CC.CCC.Cn1cc(-c2cc3c(c4c2OCC4)CCn2cc(C(=O)O)c(=O)cc2-3)cn1. The zero-order valence-electron chi connectivity index (χ0n) is 19.4. The second-order valence-electron chi connectivity index (χ2n) is 7.65. The number of aromatic carboxylic acids is 1. The van der Waals surface area contributed by atoms with Gasteiger partial charge in [-0.25, -0.2) is 4.79 Å². The van der Waals surface area contributed by atoms with E-state index in [0.29, 0.717) is 13.2 Å². The summed E-state index contributed by atoms with van der Waals surface area (Å²) < 4.78 is 9.55. The van der Waals surface area contributed by atoms with Crippen LogP contribution in [0, 0.1) is 0 Å². The number of fused-ring (bicyclic) bond motifs is 5. The lowest BCUT2D eigenvalue weighted by Crippen LogP contribution is -2.22. The van der Waals surface area contributed by atoms with Crippen molar-refractivity contribution >= 4 is 5.97 Å². The Labute approximate surface area is 188 Å². The summed E-state index contributed by atoms with van der Waals surface area (Å²) in [5, 5.41) is 13.5.